The summed E-state index contributed by atoms with van der Waals surface area (Å²) in [5, 5.41) is 9.96. The van der Waals surface area contributed by atoms with E-state index in [4.69, 9.17) is 27.6 Å². The lowest BCUT2D eigenvalue weighted by atomic mass is 10.1. The fourth-order valence-corrected chi connectivity index (χ4v) is 1.83. The molecule has 2 nitrogen and oxygen atoms in total. The molecule has 16 heavy (non-hydrogen) atoms. The maximum absolute atomic E-state index is 9.29. The van der Waals surface area contributed by atoms with Crippen LogP contribution in [0.15, 0.2) is 34.7 Å². The third-order valence-corrected chi connectivity index (χ3v) is 2.83. The van der Waals surface area contributed by atoms with E-state index in [1.807, 2.05) is 12.1 Å². The average Bonchev–Trinajstić information content (AvgIpc) is 2.61. The molecule has 0 saturated heterocycles. The Kier molecular flexibility index (Phi) is 3.24. The zero-order valence-corrected chi connectivity index (χ0v) is 10.1. The number of hydrogen-bond acceptors (Lipinski definition) is 2. The van der Waals surface area contributed by atoms with Gasteiger partial charge < -0.3 is 9.52 Å². The number of benzene rings is 1. The summed E-state index contributed by atoms with van der Waals surface area (Å²) in [5.74, 6) is 1.29. The van der Waals surface area contributed by atoms with E-state index in [1.165, 1.54) is 0 Å². The SMILES string of the molecule is Cc1oc(-c2ccc(Cl)cc2)cc1C(O)Cl. The summed E-state index contributed by atoms with van der Waals surface area (Å²) < 4.78 is 5.51. The highest BCUT2D eigenvalue weighted by Gasteiger charge is 2.14. The van der Waals surface area contributed by atoms with E-state index < -0.39 is 5.56 Å². The number of halogens is 2. The van der Waals surface area contributed by atoms with Crippen molar-refractivity contribution in [1.82, 2.24) is 0 Å². The number of alkyl halides is 1. The maximum atomic E-state index is 9.29. The van der Waals surface area contributed by atoms with Crippen LogP contribution >= 0.6 is 23.2 Å². The van der Waals surface area contributed by atoms with Gasteiger partial charge in [0.2, 0.25) is 0 Å². The van der Waals surface area contributed by atoms with Gasteiger partial charge in [0.1, 0.15) is 11.5 Å². The second-order valence-corrected chi connectivity index (χ2v) is 4.31. The van der Waals surface area contributed by atoms with E-state index in [2.05, 4.69) is 0 Å². The molecule has 1 aromatic carbocycles. The van der Waals surface area contributed by atoms with E-state index in [0.29, 0.717) is 22.1 Å². The number of hydrogen-bond donors (Lipinski definition) is 1. The molecule has 1 atom stereocenters. The summed E-state index contributed by atoms with van der Waals surface area (Å²) in [5.41, 5.74) is 0.451. The molecular weight excluding hydrogens is 247 g/mol. The van der Waals surface area contributed by atoms with Crippen LogP contribution in [0.5, 0.6) is 0 Å². The van der Waals surface area contributed by atoms with Gasteiger partial charge >= 0.3 is 0 Å². The Balaban J connectivity index is 2.41. The van der Waals surface area contributed by atoms with Crippen LogP contribution in [0.1, 0.15) is 16.9 Å². The quantitative estimate of drug-likeness (QED) is 0.820. The van der Waals surface area contributed by atoms with Crippen LogP contribution < -0.4 is 0 Å². The molecule has 0 spiro atoms. The standard InChI is InChI=1S/C12H10Cl2O2/c1-7-10(12(14)15)6-11(16-7)8-2-4-9(13)5-3-8/h2-6,12,15H,1H3. The van der Waals surface area contributed by atoms with E-state index in [9.17, 15) is 5.11 Å². The molecule has 84 valence electrons. The van der Waals surface area contributed by atoms with Gasteiger partial charge in [0.05, 0.1) is 0 Å². The molecule has 0 radical (unpaired) electrons. The first-order valence-corrected chi connectivity index (χ1v) is 5.58. The predicted octanol–water partition coefficient (Wildman–Crippen LogP) is 4.14. The lowest BCUT2D eigenvalue weighted by molar-refractivity contribution is 0.260. The van der Waals surface area contributed by atoms with E-state index >= 15 is 0 Å². The Morgan fingerprint density at radius 2 is 1.88 bits per heavy atom. The van der Waals surface area contributed by atoms with Crippen molar-refractivity contribution in [3.05, 3.63) is 46.7 Å². The van der Waals surface area contributed by atoms with E-state index in [-0.39, 0.29) is 0 Å². The van der Waals surface area contributed by atoms with Crippen molar-refractivity contribution in [3.8, 4) is 11.3 Å². The number of aryl methyl sites for hydroxylation is 1. The molecule has 1 N–H and O–H groups in total. The topological polar surface area (TPSA) is 33.4 Å². The highest BCUT2D eigenvalue weighted by Crippen LogP contribution is 2.30. The van der Waals surface area contributed by atoms with Crippen LogP contribution in [0.3, 0.4) is 0 Å². The molecule has 1 unspecified atom stereocenters. The monoisotopic (exact) mass is 256 g/mol. The lowest BCUT2D eigenvalue weighted by Crippen LogP contribution is -1.85. The summed E-state index contributed by atoms with van der Waals surface area (Å²) >= 11 is 11.4. The Labute approximate surface area is 103 Å². The second-order valence-electron chi connectivity index (χ2n) is 3.46. The Hall–Kier alpha value is -0.960. The molecule has 0 aliphatic heterocycles. The molecule has 0 saturated carbocycles. The highest BCUT2D eigenvalue weighted by atomic mass is 35.5. The first-order chi connectivity index (χ1) is 7.58. The van der Waals surface area contributed by atoms with Gasteiger partial charge in [-0.25, -0.2) is 0 Å². The minimum atomic E-state index is -1.04. The van der Waals surface area contributed by atoms with Gasteiger partial charge in [0.25, 0.3) is 0 Å². The first kappa shape index (κ1) is 11.5. The predicted molar refractivity (Wildman–Crippen MR) is 64.7 cm³/mol. The van der Waals surface area contributed by atoms with Crippen molar-refractivity contribution in [2.75, 3.05) is 0 Å². The average molecular weight is 257 g/mol. The number of aliphatic hydroxyl groups is 1. The van der Waals surface area contributed by atoms with Gasteiger partial charge in [-0.15, -0.1) is 0 Å². The van der Waals surface area contributed by atoms with Gasteiger partial charge in [0.15, 0.2) is 5.56 Å². The minimum Gasteiger partial charge on any atom is -0.461 e. The molecule has 0 amide bonds. The van der Waals surface area contributed by atoms with Crippen LogP contribution in [0.2, 0.25) is 5.02 Å². The second kappa shape index (κ2) is 4.50. The third kappa shape index (κ3) is 2.24. The lowest BCUT2D eigenvalue weighted by Gasteiger charge is -1.96. The summed E-state index contributed by atoms with van der Waals surface area (Å²) in [6.07, 6.45) is 0. The zero-order chi connectivity index (χ0) is 11.7. The van der Waals surface area contributed by atoms with Gasteiger partial charge in [0, 0.05) is 16.1 Å². The van der Waals surface area contributed by atoms with E-state index in [0.717, 1.165) is 5.56 Å². The van der Waals surface area contributed by atoms with Crippen molar-refractivity contribution < 1.29 is 9.52 Å². The summed E-state index contributed by atoms with van der Waals surface area (Å²) in [6, 6.07) is 9.00. The van der Waals surface area contributed by atoms with Gasteiger partial charge in [-0.05, 0) is 37.3 Å². The summed E-state index contributed by atoms with van der Waals surface area (Å²) in [7, 11) is 0. The molecular formula is C12H10Cl2O2. The zero-order valence-electron chi connectivity index (χ0n) is 8.58. The largest absolute Gasteiger partial charge is 0.461 e. The maximum Gasteiger partial charge on any atom is 0.156 e. The Morgan fingerprint density at radius 1 is 1.25 bits per heavy atom. The Morgan fingerprint density at radius 3 is 2.38 bits per heavy atom. The molecule has 1 heterocycles. The van der Waals surface area contributed by atoms with Crippen molar-refractivity contribution in [3.63, 3.8) is 0 Å². The van der Waals surface area contributed by atoms with Crippen LogP contribution in [0.4, 0.5) is 0 Å². The van der Waals surface area contributed by atoms with Crippen molar-refractivity contribution in [1.29, 1.82) is 0 Å². The highest BCUT2D eigenvalue weighted by molar-refractivity contribution is 6.30. The molecule has 2 aromatic rings. The smallest absolute Gasteiger partial charge is 0.156 e. The van der Waals surface area contributed by atoms with Crippen molar-refractivity contribution >= 4 is 23.2 Å². The summed E-state index contributed by atoms with van der Waals surface area (Å²) in [6.45, 7) is 1.76. The van der Waals surface area contributed by atoms with Gasteiger partial charge in [-0.3, -0.25) is 0 Å². The van der Waals surface area contributed by atoms with Crippen LogP contribution in [-0.4, -0.2) is 5.11 Å². The van der Waals surface area contributed by atoms with Crippen LogP contribution in [0.25, 0.3) is 11.3 Å². The molecule has 0 aliphatic rings. The molecule has 0 bridgehead atoms. The molecule has 0 aliphatic carbocycles. The molecule has 1 aromatic heterocycles. The van der Waals surface area contributed by atoms with Crippen LogP contribution in [-0.2, 0) is 0 Å². The van der Waals surface area contributed by atoms with Crippen molar-refractivity contribution in [2.45, 2.75) is 12.5 Å². The third-order valence-electron chi connectivity index (χ3n) is 2.34. The molecule has 4 heteroatoms. The van der Waals surface area contributed by atoms with Crippen LogP contribution in [0, 0.1) is 6.92 Å². The molecule has 0 fully saturated rings. The fourth-order valence-electron chi connectivity index (χ4n) is 1.49. The van der Waals surface area contributed by atoms with Gasteiger partial charge in [-0.1, -0.05) is 23.2 Å². The van der Waals surface area contributed by atoms with Gasteiger partial charge in [-0.2, -0.15) is 0 Å². The summed E-state index contributed by atoms with van der Waals surface area (Å²) in [4.78, 5) is 0. The normalized spacial score (nSPS) is 12.8. The Bertz CT molecular complexity index is 486. The number of aliphatic hydroxyl groups excluding tert-OH is 1. The molecule has 2 rings (SSSR count). The number of furan rings is 1. The van der Waals surface area contributed by atoms with Crippen molar-refractivity contribution in [2.24, 2.45) is 0 Å². The minimum absolute atomic E-state index is 0.589. The fraction of sp³-hybridized carbons (Fsp3) is 0.167. The van der Waals surface area contributed by atoms with E-state index in [1.54, 1.807) is 25.1 Å². The first-order valence-electron chi connectivity index (χ1n) is 4.76. The number of rotatable bonds is 2.